The van der Waals surface area contributed by atoms with E-state index in [-0.39, 0.29) is 0 Å². The van der Waals surface area contributed by atoms with Gasteiger partial charge in [0.15, 0.2) is 0 Å². The number of nitrogens with zero attached hydrogens (tertiary/aromatic N) is 1. The molecule has 3 saturated carbocycles. The lowest BCUT2D eigenvalue weighted by atomic mass is 9.47. The highest BCUT2D eigenvalue weighted by Gasteiger charge is 2.59. The first-order valence-electron chi connectivity index (χ1n) is 11.6. The molecule has 0 aromatic heterocycles. The van der Waals surface area contributed by atoms with Crippen molar-refractivity contribution in [3.63, 3.8) is 0 Å². The van der Waals surface area contributed by atoms with E-state index in [0.29, 0.717) is 22.8 Å². The highest BCUT2D eigenvalue weighted by atomic mass is 35.5. The Morgan fingerprint density at radius 1 is 1.00 bits per heavy atom. The van der Waals surface area contributed by atoms with E-state index < -0.39 is 0 Å². The van der Waals surface area contributed by atoms with Gasteiger partial charge < -0.3 is 4.90 Å². The summed E-state index contributed by atoms with van der Waals surface area (Å²) in [5.41, 5.74) is 3.61. The van der Waals surface area contributed by atoms with Crippen LogP contribution in [0.2, 0.25) is 5.02 Å². The van der Waals surface area contributed by atoms with Crippen molar-refractivity contribution in [2.75, 3.05) is 7.05 Å². The Hall–Kier alpha value is -1.28. The molecule has 0 spiro atoms. The van der Waals surface area contributed by atoms with Crippen molar-refractivity contribution in [2.45, 2.75) is 71.3 Å². The molecule has 0 N–H and O–H groups in total. The average Bonchev–Trinajstić information content (AvgIpc) is 3.03. The molecule has 1 aromatic carbocycles. The Kier molecular flexibility index (Phi) is 4.66. The molecule has 2 nitrogen and oxygen atoms in total. The first-order valence-corrected chi connectivity index (χ1v) is 11.9. The Morgan fingerprint density at radius 3 is 2.52 bits per heavy atom. The fourth-order valence-corrected chi connectivity index (χ4v) is 8.12. The van der Waals surface area contributed by atoms with Crippen LogP contribution in [0, 0.1) is 28.6 Å². The standard InChI is InChI=1S/C26H34ClNO/c1-25-14-12-22-20(9-11-23-26(22,2)15-13-24(29)28(23)3)21(25)10-6-18(25)16-17-4-7-19(27)8-5-17/h4-5,7-8,16,20-23H,6,9-15H2,1-3H3/t20-,21-,22+,23?,25+,26+/m0/s1. The lowest BCUT2D eigenvalue weighted by molar-refractivity contribution is -0.156. The highest BCUT2D eigenvalue weighted by molar-refractivity contribution is 6.30. The molecule has 6 atom stereocenters. The SMILES string of the molecule is CN1C(=O)CC[C@@]2(C)C1CC[C@@H]1[C@H]2CC[C@]2(C)C(=Cc3ccc(Cl)cc3)CC[C@@H]12. The fraction of sp³-hybridized carbons (Fsp3) is 0.654. The zero-order valence-electron chi connectivity index (χ0n) is 18.1. The molecule has 1 heterocycles. The van der Waals surface area contributed by atoms with Crippen LogP contribution in [0.1, 0.15) is 70.8 Å². The second-order valence-corrected chi connectivity index (χ2v) is 11.1. The van der Waals surface area contributed by atoms with Crippen molar-refractivity contribution in [3.8, 4) is 0 Å². The number of hydrogen-bond acceptors (Lipinski definition) is 1. The number of likely N-dealkylation sites (tertiary alicyclic amines) is 1. The van der Waals surface area contributed by atoms with E-state index >= 15 is 0 Å². The van der Waals surface area contributed by atoms with Gasteiger partial charge in [-0.1, -0.05) is 49.2 Å². The zero-order valence-corrected chi connectivity index (χ0v) is 18.8. The molecule has 4 aliphatic rings. The van der Waals surface area contributed by atoms with Gasteiger partial charge in [-0.25, -0.2) is 0 Å². The van der Waals surface area contributed by atoms with Crippen molar-refractivity contribution in [3.05, 3.63) is 40.4 Å². The molecule has 29 heavy (non-hydrogen) atoms. The van der Waals surface area contributed by atoms with Crippen molar-refractivity contribution in [1.82, 2.24) is 4.90 Å². The van der Waals surface area contributed by atoms with E-state index in [9.17, 15) is 4.79 Å². The molecule has 0 bridgehead atoms. The summed E-state index contributed by atoms with van der Waals surface area (Å²) < 4.78 is 0. The number of carbonyl (C=O) groups excluding carboxylic acids is 1. The van der Waals surface area contributed by atoms with Crippen molar-refractivity contribution in [2.24, 2.45) is 28.6 Å². The molecule has 0 radical (unpaired) electrons. The number of piperidine rings is 1. The van der Waals surface area contributed by atoms with Crippen LogP contribution in [-0.2, 0) is 4.79 Å². The minimum Gasteiger partial charge on any atom is -0.342 e. The number of fused-ring (bicyclic) bond motifs is 5. The van der Waals surface area contributed by atoms with Crippen LogP contribution in [0.15, 0.2) is 29.8 Å². The molecule has 5 rings (SSSR count). The highest BCUT2D eigenvalue weighted by Crippen LogP contribution is 2.66. The van der Waals surface area contributed by atoms with Crippen LogP contribution >= 0.6 is 11.6 Å². The summed E-state index contributed by atoms with van der Waals surface area (Å²) in [5.74, 6) is 2.78. The Balaban J connectivity index is 1.43. The van der Waals surface area contributed by atoms with Crippen LogP contribution in [0.25, 0.3) is 6.08 Å². The van der Waals surface area contributed by atoms with Gasteiger partial charge in [-0.3, -0.25) is 4.79 Å². The number of rotatable bonds is 1. The van der Waals surface area contributed by atoms with Gasteiger partial charge in [0.25, 0.3) is 0 Å². The maximum atomic E-state index is 12.3. The Bertz CT molecular complexity index is 845. The molecule has 1 amide bonds. The third kappa shape index (κ3) is 2.92. The van der Waals surface area contributed by atoms with Gasteiger partial charge in [0.2, 0.25) is 5.91 Å². The van der Waals surface area contributed by atoms with Crippen molar-refractivity contribution < 1.29 is 4.79 Å². The van der Waals surface area contributed by atoms with Gasteiger partial charge in [0, 0.05) is 24.5 Å². The van der Waals surface area contributed by atoms with Crippen molar-refractivity contribution in [1.29, 1.82) is 0 Å². The van der Waals surface area contributed by atoms with E-state index in [2.05, 4.69) is 44.0 Å². The topological polar surface area (TPSA) is 20.3 Å². The molecule has 1 saturated heterocycles. The van der Waals surface area contributed by atoms with Gasteiger partial charge in [-0.05, 0) is 91.2 Å². The first-order chi connectivity index (χ1) is 13.8. The third-order valence-corrected chi connectivity index (χ3v) is 9.87. The lowest BCUT2D eigenvalue weighted by Crippen LogP contribution is -2.61. The first kappa shape index (κ1) is 19.7. The predicted molar refractivity (Wildman–Crippen MR) is 120 cm³/mol. The number of amides is 1. The Morgan fingerprint density at radius 2 is 1.76 bits per heavy atom. The van der Waals surface area contributed by atoms with Crippen LogP contribution in [0.4, 0.5) is 0 Å². The maximum absolute atomic E-state index is 12.3. The smallest absolute Gasteiger partial charge is 0.222 e. The molecule has 3 aliphatic carbocycles. The van der Waals surface area contributed by atoms with Crippen LogP contribution < -0.4 is 0 Å². The zero-order chi connectivity index (χ0) is 20.4. The second-order valence-electron chi connectivity index (χ2n) is 10.7. The number of carbonyl (C=O) groups is 1. The molecule has 3 heteroatoms. The largest absolute Gasteiger partial charge is 0.342 e. The second kappa shape index (κ2) is 6.87. The van der Waals surface area contributed by atoms with Gasteiger partial charge in [0.1, 0.15) is 0 Å². The lowest BCUT2D eigenvalue weighted by Gasteiger charge is -2.61. The van der Waals surface area contributed by atoms with E-state index in [1.165, 1.54) is 44.1 Å². The van der Waals surface area contributed by atoms with Gasteiger partial charge in [0.05, 0.1) is 0 Å². The summed E-state index contributed by atoms with van der Waals surface area (Å²) in [6.45, 7) is 5.06. The molecule has 1 unspecified atom stereocenters. The number of benzene rings is 1. The van der Waals surface area contributed by atoms with Crippen LogP contribution in [0.5, 0.6) is 0 Å². The fourth-order valence-electron chi connectivity index (χ4n) is 8.00. The third-order valence-electron chi connectivity index (χ3n) is 9.62. The summed E-state index contributed by atoms with van der Waals surface area (Å²) >= 11 is 6.09. The number of allylic oxidation sites excluding steroid dienone is 1. The van der Waals surface area contributed by atoms with E-state index in [1.54, 1.807) is 5.57 Å². The molecule has 4 fully saturated rings. The summed E-state index contributed by atoms with van der Waals surface area (Å²) in [6, 6.07) is 8.77. The van der Waals surface area contributed by atoms with E-state index in [0.717, 1.165) is 35.6 Å². The molecule has 156 valence electrons. The monoisotopic (exact) mass is 411 g/mol. The van der Waals surface area contributed by atoms with E-state index in [4.69, 9.17) is 11.6 Å². The van der Waals surface area contributed by atoms with Crippen LogP contribution in [-0.4, -0.2) is 23.9 Å². The van der Waals surface area contributed by atoms with E-state index in [1.807, 2.05) is 12.1 Å². The molecular formula is C26H34ClNO. The summed E-state index contributed by atoms with van der Waals surface area (Å²) in [7, 11) is 2.06. The normalized spacial score (nSPS) is 43.1. The molecule has 1 aliphatic heterocycles. The quantitative estimate of drug-likeness (QED) is 0.510. The Labute approximate surface area is 180 Å². The minimum absolute atomic E-state index is 0.315. The molecule has 1 aromatic rings. The summed E-state index contributed by atoms with van der Waals surface area (Å²) in [6.07, 6.45) is 12.0. The van der Waals surface area contributed by atoms with Gasteiger partial charge in [-0.15, -0.1) is 0 Å². The van der Waals surface area contributed by atoms with Gasteiger partial charge in [-0.2, -0.15) is 0 Å². The average molecular weight is 412 g/mol. The summed E-state index contributed by atoms with van der Waals surface area (Å²) in [5, 5.41) is 0.809. The maximum Gasteiger partial charge on any atom is 0.222 e. The molecular weight excluding hydrogens is 378 g/mol. The van der Waals surface area contributed by atoms with Crippen molar-refractivity contribution >= 4 is 23.6 Å². The van der Waals surface area contributed by atoms with Crippen LogP contribution in [0.3, 0.4) is 0 Å². The summed E-state index contributed by atoms with van der Waals surface area (Å²) in [4.78, 5) is 14.4. The number of hydrogen-bond donors (Lipinski definition) is 0. The number of halogens is 1. The van der Waals surface area contributed by atoms with Gasteiger partial charge >= 0.3 is 0 Å². The predicted octanol–water partition coefficient (Wildman–Crippen LogP) is 6.59. The minimum atomic E-state index is 0.315.